The lowest BCUT2D eigenvalue weighted by atomic mass is 9.95. The summed E-state index contributed by atoms with van der Waals surface area (Å²) in [5.41, 5.74) is 3.30. The van der Waals surface area contributed by atoms with Crippen molar-refractivity contribution in [2.45, 2.75) is 20.1 Å². The maximum atomic E-state index is 13.8. The van der Waals surface area contributed by atoms with Crippen LogP contribution in [0.5, 0.6) is 0 Å². The van der Waals surface area contributed by atoms with Crippen LogP contribution in [0, 0.1) is 11.6 Å². The van der Waals surface area contributed by atoms with Gasteiger partial charge >= 0.3 is 0 Å². The van der Waals surface area contributed by atoms with E-state index in [0.29, 0.717) is 24.7 Å². The van der Waals surface area contributed by atoms with Crippen molar-refractivity contribution >= 4 is 23.1 Å². The zero-order chi connectivity index (χ0) is 22.0. The third-order valence-electron chi connectivity index (χ3n) is 5.14. The summed E-state index contributed by atoms with van der Waals surface area (Å²) in [7, 11) is 0. The molecule has 2 aromatic carbocycles. The monoisotopic (exact) mass is 428 g/mol. The second kappa shape index (κ2) is 8.58. The molecule has 1 aliphatic rings. The highest BCUT2D eigenvalue weighted by atomic mass is 19.2. The lowest BCUT2D eigenvalue weighted by Gasteiger charge is -2.29. The van der Waals surface area contributed by atoms with Crippen molar-refractivity contribution in [1.29, 1.82) is 0 Å². The number of rotatable bonds is 5. The van der Waals surface area contributed by atoms with Crippen LogP contribution in [0.25, 0.3) is 5.57 Å². The summed E-state index contributed by atoms with van der Waals surface area (Å²) >= 11 is 0. The number of alkyl halides is 1. The van der Waals surface area contributed by atoms with Crippen LogP contribution >= 0.6 is 0 Å². The zero-order valence-electron chi connectivity index (χ0n) is 16.6. The SMILES string of the molecule is CC1=C(c2ccc(NC(=O)c3cccc(F)c3F)cc2)CN(c2nnn(CF)n2)CC1. The fourth-order valence-corrected chi connectivity index (χ4v) is 3.41. The van der Waals surface area contributed by atoms with Gasteiger partial charge in [0, 0.05) is 18.8 Å². The standard InChI is InChI=1S/C21H19F3N6O/c1-13-9-10-29(21-26-28-30(12-22)27-21)11-17(13)14-5-7-15(8-6-14)25-20(31)16-3-2-4-18(23)19(16)24/h2-8H,9-12H2,1H3,(H,25,31). The van der Waals surface area contributed by atoms with E-state index >= 15 is 0 Å². The van der Waals surface area contributed by atoms with Crippen LogP contribution in [-0.4, -0.2) is 39.2 Å². The van der Waals surface area contributed by atoms with E-state index in [2.05, 4.69) is 20.7 Å². The predicted octanol–water partition coefficient (Wildman–Crippen LogP) is 3.81. The van der Waals surface area contributed by atoms with Crippen LogP contribution in [-0.2, 0) is 6.80 Å². The van der Waals surface area contributed by atoms with E-state index in [1.807, 2.05) is 24.0 Å². The lowest BCUT2D eigenvalue weighted by Crippen LogP contribution is -2.31. The van der Waals surface area contributed by atoms with Gasteiger partial charge in [0.15, 0.2) is 11.6 Å². The Kier molecular flexibility index (Phi) is 5.70. The molecule has 0 saturated heterocycles. The molecule has 1 amide bonds. The summed E-state index contributed by atoms with van der Waals surface area (Å²) in [4.78, 5) is 15.1. The number of nitrogens with one attached hydrogen (secondary N) is 1. The third kappa shape index (κ3) is 4.27. The number of carbonyl (C=O) groups is 1. The Bertz CT molecular complexity index is 1140. The number of carbonyl (C=O) groups excluding carboxylic acids is 1. The van der Waals surface area contributed by atoms with Crippen LogP contribution < -0.4 is 10.2 Å². The molecule has 0 aliphatic carbocycles. The maximum absolute atomic E-state index is 13.8. The van der Waals surface area contributed by atoms with E-state index in [1.54, 1.807) is 12.1 Å². The van der Waals surface area contributed by atoms with Gasteiger partial charge in [0.1, 0.15) is 0 Å². The number of tetrazole rings is 1. The summed E-state index contributed by atoms with van der Waals surface area (Å²) in [6, 6.07) is 10.5. The zero-order valence-corrected chi connectivity index (χ0v) is 16.6. The Hall–Kier alpha value is -3.69. The topological polar surface area (TPSA) is 75.9 Å². The number of hydrogen-bond donors (Lipinski definition) is 1. The first-order valence-corrected chi connectivity index (χ1v) is 9.59. The number of benzene rings is 2. The highest BCUT2D eigenvalue weighted by Gasteiger charge is 2.22. The van der Waals surface area contributed by atoms with E-state index in [0.717, 1.165) is 28.4 Å². The molecular weight excluding hydrogens is 409 g/mol. The smallest absolute Gasteiger partial charge is 0.266 e. The summed E-state index contributed by atoms with van der Waals surface area (Å²) < 4.78 is 39.9. The number of nitrogens with zero attached hydrogens (tertiary/aromatic N) is 5. The molecule has 7 nitrogen and oxygen atoms in total. The predicted molar refractivity (Wildman–Crippen MR) is 109 cm³/mol. The number of anilines is 2. The molecule has 0 spiro atoms. The minimum atomic E-state index is -1.18. The molecule has 0 fully saturated rings. The summed E-state index contributed by atoms with van der Waals surface area (Å²) in [5, 5.41) is 14.1. The van der Waals surface area contributed by atoms with Crippen molar-refractivity contribution in [3.8, 4) is 0 Å². The third-order valence-corrected chi connectivity index (χ3v) is 5.14. The number of halogens is 3. The molecular formula is C21H19F3N6O. The average Bonchev–Trinajstić information content (AvgIpc) is 3.26. The minimum Gasteiger partial charge on any atom is -0.334 e. The molecule has 2 heterocycles. The molecule has 3 aromatic rings. The second-order valence-corrected chi connectivity index (χ2v) is 7.14. The molecule has 0 bridgehead atoms. The fourth-order valence-electron chi connectivity index (χ4n) is 3.41. The van der Waals surface area contributed by atoms with Crippen molar-refractivity contribution < 1.29 is 18.0 Å². The Morgan fingerprint density at radius 2 is 1.94 bits per heavy atom. The van der Waals surface area contributed by atoms with E-state index in [4.69, 9.17) is 0 Å². The first-order valence-electron chi connectivity index (χ1n) is 9.59. The molecule has 10 heteroatoms. The van der Waals surface area contributed by atoms with Crippen LogP contribution in [0.1, 0.15) is 29.3 Å². The van der Waals surface area contributed by atoms with E-state index < -0.39 is 24.3 Å². The van der Waals surface area contributed by atoms with Crippen molar-refractivity contribution in [2.24, 2.45) is 0 Å². The normalized spacial score (nSPS) is 14.1. The molecule has 0 atom stereocenters. The van der Waals surface area contributed by atoms with Gasteiger partial charge in [-0.25, -0.2) is 13.2 Å². The molecule has 31 heavy (non-hydrogen) atoms. The molecule has 1 aromatic heterocycles. The first kappa shape index (κ1) is 20.6. The second-order valence-electron chi connectivity index (χ2n) is 7.14. The van der Waals surface area contributed by atoms with Gasteiger partial charge in [0.05, 0.1) is 5.56 Å². The van der Waals surface area contributed by atoms with Crippen LogP contribution in [0.3, 0.4) is 0 Å². The molecule has 160 valence electrons. The van der Waals surface area contributed by atoms with Gasteiger partial charge < -0.3 is 10.2 Å². The Labute approximate surface area is 176 Å². The molecule has 0 saturated carbocycles. The van der Waals surface area contributed by atoms with Gasteiger partial charge in [0.25, 0.3) is 11.9 Å². The van der Waals surface area contributed by atoms with Crippen molar-refractivity contribution in [1.82, 2.24) is 20.2 Å². The van der Waals surface area contributed by atoms with Gasteiger partial charge in [0.2, 0.25) is 6.80 Å². The van der Waals surface area contributed by atoms with E-state index in [-0.39, 0.29) is 5.56 Å². The number of hydrogen-bond acceptors (Lipinski definition) is 5. The van der Waals surface area contributed by atoms with Gasteiger partial charge in [-0.15, -0.1) is 9.90 Å². The van der Waals surface area contributed by atoms with Gasteiger partial charge in [-0.1, -0.05) is 28.9 Å². The van der Waals surface area contributed by atoms with Gasteiger partial charge in [-0.2, -0.15) is 0 Å². The largest absolute Gasteiger partial charge is 0.334 e. The Morgan fingerprint density at radius 3 is 2.65 bits per heavy atom. The van der Waals surface area contributed by atoms with Crippen molar-refractivity contribution in [3.05, 3.63) is 70.8 Å². The Morgan fingerprint density at radius 1 is 1.16 bits per heavy atom. The average molecular weight is 428 g/mol. The van der Waals surface area contributed by atoms with Gasteiger partial charge in [-0.05, 0) is 54.0 Å². The molecule has 0 unspecified atom stereocenters. The lowest BCUT2D eigenvalue weighted by molar-refractivity contribution is 0.102. The highest BCUT2D eigenvalue weighted by Crippen LogP contribution is 2.29. The summed E-state index contributed by atoms with van der Waals surface area (Å²) in [6.45, 7) is 2.43. The van der Waals surface area contributed by atoms with Crippen molar-refractivity contribution in [3.63, 3.8) is 0 Å². The fraction of sp³-hybridized carbons (Fsp3) is 0.238. The molecule has 4 rings (SSSR count). The minimum absolute atomic E-state index is 0.362. The quantitative estimate of drug-likeness (QED) is 0.669. The van der Waals surface area contributed by atoms with E-state index in [1.165, 1.54) is 17.7 Å². The maximum Gasteiger partial charge on any atom is 0.266 e. The first-order chi connectivity index (χ1) is 15.0. The van der Waals surface area contributed by atoms with Crippen LogP contribution in [0.2, 0.25) is 0 Å². The molecule has 0 radical (unpaired) electrons. The van der Waals surface area contributed by atoms with E-state index in [9.17, 15) is 18.0 Å². The number of amides is 1. The summed E-state index contributed by atoms with van der Waals surface area (Å²) in [5.74, 6) is -2.62. The van der Waals surface area contributed by atoms with Gasteiger partial charge in [-0.3, -0.25) is 4.79 Å². The van der Waals surface area contributed by atoms with Crippen LogP contribution in [0.15, 0.2) is 48.0 Å². The Balaban J connectivity index is 1.49. The van der Waals surface area contributed by atoms with Crippen molar-refractivity contribution in [2.75, 3.05) is 23.3 Å². The molecule has 1 aliphatic heterocycles. The summed E-state index contributed by atoms with van der Waals surface area (Å²) in [6.07, 6.45) is 0.789. The highest BCUT2D eigenvalue weighted by molar-refractivity contribution is 6.04. The van der Waals surface area contributed by atoms with Crippen LogP contribution in [0.4, 0.5) is 24.8 Å². The number of aromatic nitrogens is 4. The molecule has 1 N–H and O–H groups in total.